The van der Waals surface area contributed by atoms with Crippen LogP contribution in [0.2, 0.25) is 0 Å². The summed E-state index contributed by atoms with van der Waals surface area (Å²) < 4.78 is 68.5. The van der Waals surface area contributed by atoms with Crippen molar-refractivity contribution in [1.29, 1.82) is 0 Å². The quantitative estimate of drug-likeness (QED) is 0.738. The normalized spacial score (nSPS) is 16.0. The number of hydrogen-bond donors (Lipinski definition) is 2. The molecule has 0 bridgehead atoms. The number of halogens is 3. The van der Waals surface area contributed by atoms with Crippen LogP contribution in [-0.4, -0.2) is 39.6 Å². The van der Waals surface area contributed by atoms with Crippen molar-refractivity contribution in [2.75, 3.05) is 31.6 Å². The van der Waals surface area contributed by atoms with Gasteiger partial charge in [0.25, 0.3) is 0 Å². The summed E-state index contributed by atoms with van der Waals surface area (Å²) in [7, 11) is -4.24. The van der Waals surface area contributed by atoms with Crippen molar-refractivity contribution in [3.63, 3.8) is 0 Å². The molecule has 0 saturated carbocycles. The zero-order valence-electron chi connectivity index (χ0n) is 15.6. The first kappa shape index (κ1) is 21.6. The summed E-state index contributed by atoms with van der Waals surface area (Å²) in [5, 5.41) is 7.76. The van der Waals surface area contributed by atoms with Crippen molar-refractivity contribution in [1.82, 2.24) is 4.90 Å². The first-order valence-electron chi connectivity index (χ1n) is 8.99. The Hall–Kier alpha value is -2.14. The lowest BCUT2D eigenvalue weighted by Gasteiger charge is -2.27. The van der Waals surface area contributed by atoms with E-state index in [1.807, 2.05) is 24.3 Å². The summed E-state index contributed by atoms with van der Waals surface area (Å²) >= 11 is 0. The van der Waals surface area contributed by atoms with E-state index >= 15 is 0 Å². The largest absolute Gasteiger partial charge is 0.418 e. The second-order valence-corrected chi connectivity index (χ2v) is 8.32. The van der Waals surface area contributed by atoms with E-state index in [0.717, 1.165) is 36.3 Å². The molecule has 0 atom stereocenters. The van der Waals surface area contributed by atoms with E-state index in [9.17, 15) is 21.6 Å². The molecule has 3 rings (SSSR count). The zero-order chi connectivity index (χ0) is 21.1. The molecule has 2 aromatic carbocycles. The highest BCUT2D eigenvalue weighted by Crippen LogP contribution is 2.36. The molecule has 0 amide bonds. The van der Waals surface area contributed by atoms with Crippen LogP contribution in [0.25, 0.3) is 0 Å². The van der Waals surface area contributed by atoms with Gasteiger partial charge in [-0.3, -0.25) is 4.90 Å². The molecular weight excluding hydrogens is 407 g/mol. The van der Waals surface area contributed by atoms with Gasteiger partial charge in [-0.15, -0.1) is 0 Å². The fraction of sp³-hybridized carbons (Fsp3) is 0.368. The molecule has 6 nitrogen and oxygen atoms in total. The average molecular weight is 429 g/mol. The van der Waals surface area contributed by atoms with Crippen LogP contribution >= 0.6 is 0 Å². The molecule has 29 heavy (non-hydrogen) atoms. The van der Waals surface area contributed by atoms with Gasteiger partial charge in [-0.05, 0) is 29.3 Å². The predicted octanol–water partition coefficient (Wildman–Crippen LogP) is 2.80. The molecule has 158 valence electrons. The second-order valence-electron chi connectivity index (χ2n) is 6.76. The van der Waals surface area contributed by atoms with E-state index in [4.69, 9.17) is 9.88 Å². The molecule has 1 heterocycles. The van der Waals surface area contributed by atoms with Crippen LogP contribution in [0.5, 0.6) is 0 Å². The van der Waals surface area contributed by atoms with Crippen LogP contribution in [0.3, 0.4) is 0 Å². The number of hydrogen-bond acceptors (Lipinski definition) is 5. The summed E-state index contributed by atoms with van der Waals surface area (Å²) in [5.74, 6) is 0. The topological polar surface area (TPSA) is 84.7 Å². The minimum Gasteiger partial charge on any atom is -0.380 e. The summed E-state index contributed by atoms with van der Waals surface area (Å²) in [6, 6.07) is 10.2. The number of morpholine rings is 1. The highest BCUT2D eigenvalue weighted by molar-refractivity contribution is 7.89. The summed E-state index contributed by atoms with van der Waals surface area (Å²) in [5.41, 5.74) is 0.597. The third-order valence-corrected chi connectivity index (χ3v) is 5.62. The standard InChI is InChI=1S/C19H22F3N3O3S/c20-19(21,22)17-11-16(29(23,26)27)5-6-18(17)24-12-14-3-1-2-4-15(14)13-25-7-9-28-10-8-25/h1-6,11,24H,7-10,12-13H2,(H2,23,26,27). The van der Waals surface area contributed by atoms with Crippen LogP contribution in [0.15, 0.2) is 47.4 Å². The van der Waals surface area contributed by atoms with Crippen molar-refractivity contribution in [2.45, 2.75) is 24.2 Å². The number of benzene rings is 2. The Labute approximate surface area is 167 Å². The SMILES string of the molecule is NS(=O)(=O)c1ccc(NCc2ccccc2CN2CCOCC2)c(C(F)(F)F)c1. The number of rotatable bonds is 6. The van der Waals surface area contributed by atoms with Gasteiger partial charge in [0.05, 0.1) is 23.7 Å². The van der Waals surface area contributed by atoms with Crippen LogP contribution in [0.1, 0.15) is 16.7 Å². The van der Waals surface area contributed by atoms with Gasteiger partial charge in [0, 0.05) is 31.9 Å². The van der Waals surface area contributed by atoms with E-state index < -0.39 is 26.7 Å². The zero-order valence-corrected chi connectivity index (χ0v) is 16.4. The molecular formula is C19H22F3N3O3S. The van der Waals surface area contributed by atoms with Crippen LogP contribution in [0, 0.1) is 0 Å². The molecule has 10 heteroatoms. The molecule has 1 fully saturated rings. The number of anilines is 1. The Kier molecular flexibility index (Phi) is 6.47. The lowest BCUT2D eigenvalue weighted by atomic mass is 10.1. The molecule has 3 N–H and O–H groups in total. The van der Waals surface area contributed by atoms with Gasteiger partial charge in [0.1, 0.15) is 0 Å². The van der Waals surface area contributed by atoms with Crippen molar-refractivity contribution >= 4 is 15.7 Å². The van der Waals surface area contributed by atoms with Gasteiger partial charge in [-0.1, -0.05) is 24.3 Å². The highest BCUT2D eigenvalue weighted by atomic mass is 32.2. The Morgan fingerprint density at radius 1 is 1.07 bits per heavy atom. The maximum Gasteiger partial charge on any atom is 0.418 e. The van der Waals surface area contributed by atoms with Gasteiger partial charge in [0.15, 0.2) is 0 Å². The molecule has 2 aromatic rings. The first-order valence-corrected chi connectivity index (χ1v) is 10.5. The molecule has 0 radical (unpaired) electrons. The van der Waals surface area contributed by atoms with E-state index in [-0.39, 0.29) is 12.2 Å². The fourth-order valence-corrected chi connectivity index (χ4v) is 3.70. The monoisotopic (exact) mass is 429 g/mol. The highest BCUT2D eigenvalue weighted by Gasteiger charge is 2.34. The third kappa shape index (κ3) is 5.69. The predicted molar refractivity (Wildman–Crippen MR) is 103 cm³/mol. The molecule has 0 unspecified atom stereocenters. The van der Waals surface area contributed by atoms with E-state index in [2.05, 4.69) is 10.2 Å². The van der Waals surface area contributed by atoms with Crippen LogP contribution in [-0.2, 0) is 34.0 Å². The maximum atomic E-state index is 13.4. The summed E-state index contributed by atoms with van der Waals surface area (Å²) in [6.45, 7) is 3.76. The molecule has 1 aliphatic heterocycles. The number of nitrogens with two attached hydrogens (primary N) is 1. The Morgan fingerprint density at radius 2 is 1.72 bits per heavy atom. The minimum atomic E-state index is -4.73. The lowest BCUT2D eigenvalue weighted by molar-refractivity contribution is -0.137. The van der Waals surface area contributed by atoms with Gasteiger partial charge in [-0.2, -0.15) is 13.2 Å². The maximum absolute atomic E-state index is 13.4. The number of alkyl halides is 3. The van der Waals surface area contributed by atoms with Crippen molar-refractivity contribution < 1.29 is 26.3 Å². The summed E-state index contributed by atoms with van der Waals surface area (Å²) in [6.07, 6.45) is -4.73. The van der Waals surface area contributed by atoms with E-state index in [0.29, 0.717) is 25.8 Å². The molecule has 1 aliphatic rings. The third-order valence-electron chi connectivity index (χ3n) is 4.71. The Bertz CT molecular complexity index is 959. The second kappa shape index (κ2) is 8.70. The first-order chi connectivity index (χ1) is 13.6. The van der Waals surface area contributed by atoms with E-state index in [1.165, 1.54) is 0 Å². The van der Waals surface area contributed by atoms with E-state index in [1.54, 1.807) is 0 Å². The summed E-state index contributed by atoms with van der Waals surface area (Å²) in [4.78, 5) is 1.65. The van der Waals surface area contributed by atoms with Crippen molar-refractivity contribution in [3.8, 4) is 0 Å². The number of primary sulfonamides is 1. The Morgan fingerprint density at radius 3 is 2.34 bits per heavy atom. The number of ether oxygens (including phenoxy) is 1. The van der Waals surface area contributed by atoms with Crippen LogP contribution in [0.4, 0.5) is 18.9 Å². The Balaban J connectivity index is 1.81. The smallest absolute Gasteiger partial charge is 0.380 e. The van der Waals surface area contributed by atoms with Gasteiger partial charge in [-0.25, -0.2) is 13.6 Å². The van der Waals surface area contributed by atoms with Crippen LogP contribution < -0.4 is 10.5 Å². The molecule has 0 aromatic heterocycles. The molecule has 0 spiro atoms. The number of sulfonamides is 1. The van der Waals surface area contributed by atoms with Gasteiger partial charge in [0.2, 0.25) is 10.0 Å². The van der Waals surface area contributed by atoms with Gasteiger partial charge >= 0.3 is 6.18 Å². The lowest BCUT2D eigenvalue weighted by Crippen LogP contribution is -2.35. The number of nitrogens with zero attached hydrogens (tertiary/aromatic N) is 1. The minimum absolute atomic E-state index is 0.165. The van der Waals surface area contributed by atoms with Crippen molar-refractivity contribution in [3.05, 3.63) is 59.2 Å². The average Bonchev–Trinajstić information content (AvgIpc) is 2.66. The van der Waals surface area contributed by atoms with Gasteiger partial charge < -0.3 is 10.1 Å². The fourth-order valence-electron chi connectivity index (χ4n) is 3.16. The molecule has 1 saturated heterocycles. The number of nitrogens with one attached hydrogen (secondary N) is 1. The molecule has 0 aliphatic carbocycles. The van der Waals surface area contributed by atoms with Crippen molar-refractivity contribution in [2.24, 2.45) is 5.14 Å².